The SMILES string of the molecule is NCC(Oc1ccc(F)cc1Br)c1ccco1. The van der Waals surface area contributed by atoms with Crippen molar-refractivity contribution in [3.8, 4) is 5.75 Å². The summed E-state index contributed by atoms with van der Waals surface area (Å²) >= 11 is 3.23. The van der Waals surface area contributed by atoms with E-state index in [0.717, 1.165) is 0 Å². The number of ether oxygens (including phenoxy) is 1. The first kappa shape index (κ1) is 12.1. The molecule has 1 heterocycles. The van der Waals surface area contributed by atoms with Crippen molar-refractivity contribution < 1.29 is 13.5 Å². The van der Waals surface area contributed by atoms with E-state index in [0.29, 0.717) is 16.0 Å². The van der Waals surface area contributed by atoms with Crippen molar-refractivity contribution in [1.29, 1.82) is 0 Å². The molecule has 0 aliphatic rings. The summed E-state index contributed by atoms with van der Waals surface area (Å²) in [6.07, 6.45) is 1.17. The van der Waals surface area contributed by atoms with E-state index in [1.165, 1.54) is 12.1 Å². The Morgan fingerprint density at radius 3 is 2.82 bits per heavy atom. The van der Waals surface area contributed by atoms with Crippen LogP contribution < -0.4 is 10.5 Å². The molecule has 0 radical (unpaired) electrons. The van der Waals surface area contributed by atoms with Gasteiger partial charge in [0.2, 0.25) is 0 Å². The Labute approximate surface area is 106 Å². The van der Waals surface area contributed by atoms with Crippen LogP contribution in [0.1, 0.15) is 11.9 Å². The zero-order valence-corrected chi connectivity index (χ0v) is 10.5. The lowest BCUT2D eigenvalue weighted by atomic mass is 10.2. The van der Waals surface area contributed by atoms with E-state index >= 15 is 0 Å². The second kappa shape index (κ2) is 5.33. The number of rotatable bonds is 4. The van der Waals surface area contributed by atoms with Crippen molar-refractivity contribution >= 4 is 15.9 Å². The highest BCUT2D eigenvalue weighted by Gasteiger charge is 2.15. The molecule has 3 nitrogen and oxygen atoms in total. The summed E-state index contributed by atoms with van der Waals surface area (Å²) in [5.74, 6) is 0.841. The fraction of sp³-hybridized carbons (Fsp3) is 0.167. The quantitative estimate of drug-likeness (QED) is 0.943. The van der Waals surface area contributed by atoms with Gasteiger partial charge < -0.3 is 14.9 Å². The molecule has 0 bridgehead atoms. The third kappa shape index (κ3) is 2.87. The van der Waals surface area contributed by atoms with Crippen molar-refractivity contribution in [3.05, 3.63) is 52.6 Å². The molecule has 0 saturated carbocycles. The Kier molecular flexibility index (Phi) is 3.81. The largest absolute Gasteiger partial charge is 0.480 e. The van der Waals surface area contributed by atoms with Crippen LogP contribution in [0.15, 0.2) is 45.5 Å². The van der Waals surface area contributed by atoms with Crippen LogP contribution in [-0.2, 0) is 0 Å². The minimum atomic E-state index is -0.383. The van der Waals surface area contributed by atoms with Gasteiger partial charge in [-0.2, -0.15) is 0 Å². The normalized spacial score (nSPS) is 12.4. The van der Waals surface area contributed by atoms with Crippen LogP contribution in [0.4, 0.5) is 4.39 Å². The summed E-state index contributed by atoms with van der Waals surface area (Å²) in [5, 5.41) is 0. The van der Waals surface area contributed by atoms with Crippen molar-refractivity contribution in [1.82, 2.24) is 0 Å². The monoisotopic (exact) mass is 299 g/mol. The molecule has 1 unspecified atom stereocenters. The van der Waals surface area contributed by atoms with Gasteiger partial charge in [0.05, 0.1) is 10.7 Å². The lowest BCUT2D eigenvalue weighted by Crippen LogP contribution is -2.18. The van der Waals surface area contributed by atoms with Gasteiger partial charge in [-0.05, 0) is 46.3 Å². The molecule has 0 amide bonds. The molecule has 5 heteroatoms. The van der Waals surface area contributed by atoms with E-state index in [2.05, 4.69) is 15.9 Å². The summed E-state index contributed by atoms with van der Waals surface area (Å²) in [7, 11) is 0. The summed E-state index contributed by atoms with van der Waals surface area (Å²) < 4.78 is 24.3. The topological polar surface area (TPSA) is 48.4 Å². The highest BCUT2D eigenvalue weighted by molar-refractivity contribution is 9.10. The summed E-state index contributed by atoms with van der Waals surface area (Å²) in [6, 6.07) is 7.77. The summed E-state index contributed by atoms with van der Waals surface area (Å²) in [4.78, 5) is 0. The van der Waals surface area contributed by atoms with Crippen LogP contribution in [-0.4, -0.2) is 6.54 Å². The van der Waals surface area contributed by atoms with Gasteiger partial charge in [-0.25, -0.2) is 4.39 Å². The third-order valence-electron chi connectivity index (χ3n) is 2.24. The van der Waals surface area contributed by atoms with Gasteiger partial charge >= 0.3 is 0 Å². The van der Waals surface area contributed by atoms with E-state index in [1.807, 2.05) is 0 Å². The smallest absolute Gasteiger partial charge is 0.168 e. The van der Waals surface area contributed by atoms with E-state index in [-0.39, 0.29) is 18.5 Å². The Morgan fingerprint density at radius 1 is 1.41 bits per heavy atom. The number of hydrogen-bond donors (Lipinski definition) is 1. The molecule has 2 aromatic rings. The molecular weight excluding hydrogens is 289 g/mol. The number of nitrogens with two attached hydrogens (primary N) is 1. The molecule has 17 heavy (non-hydrogen) atoms. The van der Waals surface area contributed by atoms with Crippen LogP contribution >= 0.6 is 15.9 Å². The maximum absolute atomic E-state index is 12.9. The first-order valence-corrected chi connectivity index (χ1v) is 5.85. The molecule has 1 aromatic heterocycles. The molecule has 2 rings (SSSR count). The Bertz CT molecular complexity index is 487. The van der Waals surface area contributed by atoms with Gasteiger partial charge in [0.1, 0.15) is 17.3 Å². The first-order chi connectivity index (χ1) is 8.20. The Balaban J connectivity index is 2.19. The predicted molar refractivity (Wildman–Crippen MR) is 65.2 cm³/mol. The average Bonchev–Trinajstić information content (AvgIpc) is 2.81. The summed E-state index contributed by atoms with van der Waals surface area (Å²) in [5.41, 5.74) is 5.62. The van der Waals surface area contributed by atoms with Crippen LogP contribution in [0, 0.1) is 5.82 Å². The minimum Gasteiger partial charge on any atom is -0.480 e. The molecular formula is C12H11BrFNO2. The van der Waals surface area contributed by atoms with Gasteiger partial charge in [-0.15, -0.1) is 0 Å². The maximum atomic E-state index is 12.9. The van der Waals surface area contributed by atoms with Crippen LogP contribution in [0.5, 0.6) is 5.75 Å². The van der Waals surface area contributed by atoms with E-state index in [1.54, 1.807) is 24.5 Å². The maximum Gasteiger partial charge on any atom is 0.168 e. The molecule has 2 N–H and O–H groups in total. The van der Waals surface area contributed by atoms with Gasteiger partial charge in [0.25, 0.3) is 0 Å². The van der Waals surface area contributed by atoms with E-state index < -0.39 is 0 Å². The molecule has 0 saturated heterocycles. The molecule has 0 fully saturated rings. The summed E-state index contributed by atoms with van der Waals surface area (Å²) in [6.45, 7) is 0.275. The first-order valence-electron chi connectivity index (χ1n) is 5.06. The Hall–Kier alpha value is -1.33. The standard InChI is InChI=1S/C12H11BrFNO2/c13-9-6-8(14)3-4-10(9)17-12(7-15)11-2-1-5-16-11/h1-6,12H,7,15H2. The van der Waals surface area contributed by atoms with Crippen molar-refractivity contribution in [2.24, 2.45) is 5.73 Å². The zero-order chi connectivity index (χ0) is 12.3. The molecule has 1 atom stereocenters. The number of halogens is 2. The van der Waals surface area contributed by atoms with Crippen molar-refractivity contribution in [2.75, 3.05) is 6.54 Å². The van der Waals surface area contributed by atoms with Crippen LogP contribution in [0.2, 0.25) is 0 Å². The zero-order valence-electron chi connectivity index (χ0n) is 8.90. The van der Waals surface area contributed by atoms with E-state index in [4.69, 9.17) is 14.9 Å². The molecule has 0 aliphatic heterocycles. The predicted octanol–water partition coefficient (Wildman–Crippen LogP) is 3.26. The van der Waals surface area contributed by atoms with Crippen LogP contribution in [0.25, 0.3) is 0 Å². The van der Waals surface area contributed by atoms with Crippen molar-refractivity contribution in [3.63, 3.8) is 0 Å². The third-order valence-corrected chi connectivity index (χ3v) is 2.86. The highest BCUT2D eigenvalue weighted by Crippen LogP contribution is 2.29. The van der Waals surface area contributed by atoms with Gasteiger partial charge in [0.15, 0.2) is 6.10 Å². The lowest BCUT2D eigenvalue weighted by molar-refractivity contribution is 0.182. The van der Waals surface area contributed by atoms with Gasteiger partial charge in [-0.3, -0.25) is 0 Å². The van der Waals surface area contributed by atoms with Crippen LogP contribution in [0.3, 0.4) is 0 Å². The number of furan rings is 1. The van der Waals surface area contributed by atoms with E-state index in [9.17, 15) is 4.39 Å². The van der Waals surface area contributed by atoms with Gasteiger partial charge in [-0.1, -0.05) is 0 Å². The lowest BCUT2D eigenvalue weighted by Gasteiger charge is -2.16. The minimum absolute atomic E-state index is 0.275. The molecule has 90 valence electrons. The average molecular weight is 300 g/mol. The fourth-order valence-electron chi connectivity index (χ4n) is 1.42. The molecule has 0 spiro atoms. The molecule has 1 aromatic carbocycles. The Morgan fingerprint density at radius 2 is 2.24 bits per heavy atom. The molecule has 0 aliphatic carbocycles. The highest BCUT2D eigenvalue weighted by atomic mass is 79.9. The second-order valence-electron chi connectivity index (χ2n) is 3.43. The number of benzene rings is 1. The van der Waals surface area contributed by atoms with Gasteiger partial charge in [0, 0.05) is 6.54 Å². The fourth-order valence-corrected chi connectivity index (χ4v) is 1.87. The number of hydrogen-bond acceptors (Lipinski definition) is 3. The second-order valence-corrected chi connectivity index (χ2v) is 4.29. The van der Waals surface area contributed by atoms with Crippen molar-refractivity contribution in [2.45, 2.75) is 6.10 Å².